The topological polar surface area (TPSA) is 206 Å². The molecular weight excluding hydrogens is 791 g/mol. The summed E-state index contributed by atoms with van der Waals surface area (Å²) in [7, 11) is -4.69. The lowest BCUT2D eigenvalue weighted by molar-refractivity contribution is -0.161. The molecule has 0 aromatic carbocycles. The summed E-state index contributed by atoms with van der Waals surface area (Å²) in [5.41, 5.74) is 0. The van der Waals surface area contributed by atoms with Gasteiger partial charge in [-0.1, -0.05) is 120 Å². The molecule has 1 rings (SSSR count). The second-order valence-corrected chi connectivity index (χ2v) is 16.9. The van der Waals surface area contributed by atoms with E-state index < -0.39 is 70.6 Å². The molecule has 0 aromatic rings. The molecule has 0 heterocycles. The molecule has 7 atom stereocenters. The van der Waals surface area contributed by atoms with Crippen LogP contribution in [0.5, 0.6) is 0 Å². The second-order valence-electron chi connectivity index (χ2n) is 15.5. The molecule has 13 nitrogen and oxygen atoms in total. The van der Waals surface area contributed by atoms with Gasteiger partial charge in [-0.3, -0.25) is 23.4 Å². The van der Waals surface area contributed by atoms with Gasteiger partial charge in [-0.25, -0.2) is 4.57 Å². The molecule has 1 fully saturated rings. The van der Waals surface area contributed by atoms with Crippen LogP contribution < -0.4 is 0 Å². The fourth-order valence-electron chi connectivity index (χ4n) is 6.45. The van der Waals surface area contributed by atoms with E-state index in [0.29, 0.717) is 32.1 Å². The van der Waals surface area contributed by atoms with Gasteiger partial charge in [0.2, 0.25) is 0 Å². The van der Waals surface area contributed by atoms with Crippen molar-refractivity contribution in [2.24, 2.45) is 11.8 Å². The summed E-state index contributed by atoms with van der Waals surface area (Å²) in [5, 5.41) is 39.0. The number of carbonyl (C=O) groups is 3. The van der Waals surface area contributed by atoms with E-state index in [0.717, 1.165) is 64.2 Å². The Balaban J connectivity index is 2.49. The number of esters is 2. The smallest absolute Gasteiger partial charge is 0.462 e. The van der Waals surface area contributed by atoms with Crippen molar-refractivity contribution in [1.29, 1.82) is 0 Å². The summed E-state index contributed by atoms with van der Waals surface area (Å²) in [6.45, 7) is 1.90. The predicted octanol–water partition coefficient (Wildman–Crippen LogP) is 8.48. The van der Waals surface area contributed by atoms with Crippen LogP contribution >= 0.6 is 7.82 Å². The van der Waals surface area contributed by atoms with Crippen LogP contribution in [0, 0.1) is 11.8 Å². The van der Waals surface area contributed by atoms with E-state index in [4.69, 9.17) is 19.1 Å². The van der Waals surface area contributed by atoms with Crippen LogP contribution in [0.25, 0.3) is 0 Å². The fourth-order valence-corrected chi connectivity index (χ4v) is 7.24. The van der Waals surface area contributed by atoms with Crippen LogP contribution in [-0.2, 0) is 37.5 Å². The van der Waals surface area contributed by atoms with Gasteiger partial charge in [-0.15, -0.1) is 0 Å². The normalized spacial score (nSPS) is 19.9. The Kier molecular flexibility index (Phi) is 33.0. The number of unbranched alkanes of at least 4 members (excludes halogenated alkanes) is 10. The van der Waals surface area contributed by atoms with Gasteiger partial charge in [0.05, 0.1) is 32.0 Å². The molecule has 0 spiro atoms. The quantitative estimate of drug-likeness (QED) is 0.0172. The van der Waals surface area contributed by atoms with Crippen molar-refractivity contribution in [2.45, 2.75) is 173 Å². The Morgan fingerprint density at radius 2 is 1.33 bits per heavy atom. The summed E-state index contributed by atoms with van der Waals surface area (Å²) < 4.78 is 32.6. The highest BCUT2D eigenvalue weighted by atomic mass is 31.2. The van der Waals surface area contributed by atoms with E-state index in [-0.39, 0.29) is 36.9 Å². The summed E-state index contributed by atoms with van der Waals surface area (Å²) in [6.07, 6.45) is 32.6. The molecule has 0 amide bonds. The first-order valence-electron chi connectivity index (χ1n) is 22.3. The second kappa shape index (κ2) is 35.8. The average Bonchev–Trinajstić information content (AvgIpc) is 3.49. The highest BCUT2D eigenvalue weighted by molar-refractivity contribution is 7.47. The third-order valence-electron chi connectivity index (χ3n) is 10.0. The van der Waals surface area contributed by atoms with Crippen molar-refractivity contribution >= 4 is 25.5 Å². The number of phosphoric acid groups is 1. The van der Waals surface area contributed by atoms with E-state index in [1.165, 1.54) is 19.3 Å². The average molecular weight is 869 g/mol. The molecule has 0 radical (unpaired) electrons. The lowest BCUT2D eigenvalue weighted by atomic mass is 9.90. The zero-order valence-electron chi connectivity index (χ0n) is 36.4. The lowest BCUT2D eigenvalue weighted by Crippen LogP contribution is -2.29. The van der Waals surface area contributed by atoms with Crippen LogP contribution in [0.4, 0.5) is 0 Å². The standard InChI is InChI=1S/C46H77O13P/c1-3-5-7-8-9-10-11-12-13-14-15-16-17-18-19-20-26-30-46(53)59-40(37-58-60(54,55)57-35-39(49)34-47)36-56-45(52)29-25-22-21-24-28-41-42(44(51)33-43(41)50)32-31-38(48)27-23-6-4-2/h9-10,12-13,15-16,21,24,31-32,38-42,44,47-49,51H,3-8,11,14,17-20,22-23,25-30,33-37H2,1-2H3,(H,54,55)/b10-9-,13-12-,16-15-,24-21-,32-31+/t38-,39-,40+,41+,42+,44+/m0/s1. The number of phosphoric ester groups is 1. The van der Waals surface area contributed by atoms with Gasteiger partial charge in [0.1, 0.15) is 18.5 Å². The van der Waals surface area contributed by atoms with Crippen molar-refractivity contribution in [1.82, 2.24) is 0 Å². The van der Waals surface area contributed by atoms with Gasteiger partial charge in [0.25, 0.3) is 0 Å². The van der Waals surface area contributed by atoms with Crippen LogP contribution in [0.1, 0.15) is 149 Å². The third kappa shape index (κ3) is 29.5. The summed E-state index contributed by atoms with van der Waals surface area (Å²) in [6, 6.07) is 0. The summed E-state index contributed by atoms with van der Waals surface area (Å²) >= 11 is 0. The minimum atomic E-state index is -4.69. The van der Waals surface area contributed by atoms with Crippen molar-refractivity contribution in [3.05, 3.63) is 60.8 Å². The first kappa shape index (κ1) is 55.3. The van der Waals surface area contributed by atoms with Crippen LogP contribution in [0.3, 0.4) is 0 Å². The molecule has 0 aromatic heterocycles. The number of hydrogen-bond donors (Lipinski definition) is 5. The Labute approximate surface area is 359 Å². The zero-order valence-corrected chi connectivity index (χ0v) is 37.3. The number of rotatable bonds is 37. The van der Waals surface area contributed by atoms with Gasteiger partial charge >= 0.3 is 19.8 Å². The summed E-state index contributed by atoms with van der Waals surface area (Å²) in [4.78, 5) is 47.7. The third-order valence-corrected chi connectivity index (χ3v) is 11.0. The van der Waals surface area contributed by atoms with Gasteiger partial charge in [-0.2, -0.15) is 0 Å². The number of aliphatic hydroxyl groups excluding tert-OH is 4. The largest absolute Gasteiger partial charge is 0.472 e. The number of allylic oxidation sites excluding steroid dienone is 8. The van der Waals surface area contributed by atoms with Crippen LogP contribution in [0.15, 0.2) is 60.8 Å². The maximum absolute atomic E-state index is 12.7. The lowest BCUT2D eigenvalue weighted by Gasteiger charge is -2.20. The summed E-state index contributed by atoms with van der Waals surface area (Å²) in [5.74, 6) is -1.93. The molecule has 1 aliphatic carbocycles. The number of carbonyl (C=O) groups excluding carboxylic acids is 3. The molecule has 1 aliphatic rings. The van der Waals surface area contributed by atoms with E-state index in [1.807, 2.05) is 12.2 Å². The Bertz CT molecular complexity index is 1340. The highest BCUT2D eigenvalue weighted by Crippen LogP contribution is 2.43. The molecule has 5 N–H and O–H groups in total. The predicted molar refractivity (Wildman–Crippen MR) is 234 cm³/mol. The molecule has 0 aliphatic heterocycles. The highest BCUT2D eigenvalue weighted by Gasteiger charge is 2.39. The molecule has 1 unspecified atom stereocenters. The Hall–Kier alpha value is -2.74. The van der Waals surface area contributed by atoms with Crippen molar-refractivity contribution < 1.29 is 62.8 Å². The maximum Gasteiger partial charge on any atom is 0.472 e. The maximum atomic E-state index is 12.7. The number of hydrogen-bond acceptors (Lipinski definition) is 12. The first-order valence-corrected chi connectivity index (χ1v) is 23.8. The van der Waals surface area contributed by atoms with Crippen molar-refractivity contribution in [3.8, 4) is 0 Å². The Morgan fingerprint density at radius 1 is 0.750 bits per heavy atom. The molecule has 60 heavy (non-hydrogen) atoms. The van der Waals surface area contributed by atoms with Gasteiger partial charge in [0.15, 0.2) is 6.10 Å². The van der Waals surface area contributed by atoms with E-state index >= 15 is 0 Å². The molecule has 0 saturated heterocycles. The molecule has 0 bridgehead atoms. The molecule has 344 valence electrons. The van der Waals surface area contributed by atoms with E-state index in [9.17, 15) is 39.2 Å². The monoisotopic (exact) mass is 869 g/mol. The van der Waals surface area contributed by atoms with Crippen LogP contribution in [-0.4, -0.2) is 93.9 Å². The molecule has 14 heteroatoms. The Morgan fingerprint density at radius 3 is 2.02 bits per heavy atom. The van der Waals surface area contributed by atoms with Gasteiger partial charge in [-0.05, 0) is 70.6 Å². The number of ether oxygens (including phenoxy) is 2. The number of ketones is 1. The van der Waals surface area contributed by atoms with Crippen molar-refractivity contribution in [3.63, 3.8) is 0 Å². The number of aliphatic hydroxyl groups is 4. The minimum Gasteiger partial charge on any atom is -0.462 e. The zero-order chi connectivity index (χ0) is 44.3. The first-order chi connectivity index (χ1) is 28.9. The van der Waals surface area contributed by atoms with Crippen LogP contribution in [0.2, 0.25) is 0 Å². The van der Waals surface area contributed by atoms with E-state index in [2.05, 4.69) is 54.8 Å². The molecule has 1 saturated carbocycles. The van der Waals surface area contributed by atoms with Gasteiger partial charge < -0.3 is 34.8 Å². The number of Topliss-reactive ketones (excluding diaryl/α,β-unsaturated/α-hetero) is 1. The minimum absolute atomic E-state index is 0.0217. The van der Waals surface area contributed by atoms with E-state index in [1.54, 1.807) is 12.2 Å². The molecular formula is C46H77O13P. The van der Waals surface area contributed by atoms with Gasteiger partial charge in [0, 0.05) is 31.1 Å². The SMILES string of the molecule is CCCCC/C=C\C/C=C\C/C=C\CCCCCCC(=O)O[C@H](COC(=O)CCC/C=C\C[C@H]1C(=O)C[C@@H](O)[C@@H]1/C=C/[C@@H](O)CCCCC)COP(=O)(O)OC[C@@H](O)CO. The van der Waals surface area contributed by atoms with Crippen molar-refractivity contribution in [2.75, 3.05) is 26.4 Å². The fraction of sp³-hybridized carbons (Fsp3) is 0.717.